The minimum absolute atomic E-state index is 0.430. The van der Waals surface area contributed by atoms with Gasteiger partial charge in [0.05, 0.1) is 0 Å². The summed E-state index contributed by atoms with van der Waals surface area (Å²) in [5.41, 5.74) is 3.21. The monoisotopic (exact) mass is 263 g/mol. The fourth-order valence-electron chi connectivity index (χ4n) is 2.56. The second-order valence-corrected chi connectivity index (χ2v) is 5.59. The maximum atomic E-state index is 9.79. The van der Waals surface area contributed by atoms with Gasteiger partial charge >= 0.3 is 0 Å². The van der Waals surface area contributed by atoms with Crippen molar-refractivity contribution < 1.29 is 5.11 Å². The number of phenolic OH excluding ortho intramolecular Hbond substituents is 1. The first-order valence-electron chi connectivity index (χ1n) is 7.60. The van der Waals surface area contributed by atoms with Crippen LogP contribution in [0.25, 0.3) is 0 Å². The van der Waals surface area contributed by atoms with Crippen molar-refractivity contribution in [3.63, 3.8) is 0 Å². The Kier molecular flexibility index (Phi) is 6.93. The number of rotatable bonds is 8. The molecule has 1 aromatic rings. The lowest BCUT2D eigenvalue weighted by Gasteiger charge is -2.18. The van der Waals surface area contributed by atoms with E-state index in [0.29, 0.717) is 11.8 Å². The predicted molar refractivity (Wildman–Crippen MR) is 82.6 cm³/mol. The summed E-state index contributed by atoms with van der Waals surface area (Å²) in [6.07, 6.45) is 6.30. The molecule has 1 atom stereocenters. The molecule has 0 aliphatic rings. The molecule has 1 aromatic carbocycles. The van der Waals surface area contributed by atoms with E-state index in [9.17, 15) is 5.11 Å². The molecule has 0 saturated heterocycles. The van der Waals surface area contributed by atoms with E-state index in [4.69, 9.17) is 0 Å². The Bertz CT molecular complexity index is 364. The van der Waals surface area contributed by atoms with E-state index in [2.05, 4.69) is 31.3 Å². The number of nitrogens with one attached hydrogen (secondary N) is 1. The summed E-state index contributed by atoms with van der Waals surface area (Å²) >= 11 is 0. The van der Waals surface area contributed by atoms with E-state index in [0.717, 1.165) is 17.7 Å². The van der Waals surface area contributed by atoms with Gasteiger partial charge in [-0.15, -0.1) is 0 Å². The van der Waals surface area contributed by atoms with Gasteiger partial charge in [0.1, 0.15) is 5.75 Å². The van der Waals surface area contributed by atoms with E-state index in [1.807, 2.05) is 13.8 Å². The smallest absolute Gasteiger partial charge is 0.121 e. The van der Waals surface area contributed by atoms with Crippen LogP contribution in [0.15, 0.2) is 12.1 Å². The Morgan fingerprint density at radius 2 is 1.68 bits per heavy atom. The molecule has 0 saturated carbocycles. The van der Waals surface area contributed by atoms with Gasteiger partial charge in [-0.05, 0) is 43.4 Å². The van der Waals surface area contributed by atoms with Gasteiger partial charge in [-0.3, -0.25) is 0 Å². The third-order valence-corrected chi connectivity index (χ3v) is 3.69. The zero-order valence-electron chi connectivity index (χ0n) is 12.9. The zero-order valence-corrected chi connectivity index (χ0v) is 12.9. The van der Waals surface area contributed by atoms with Gasteiger partial charge in [-0.2, -0.15) is 0 Å². The highest BCUT2D eigenvalue weighted by molar-refractivity contribution is 5.42. The first-order valence-corrected chi connectivity index (χ1v) is 7.60. The minimum Gasteiger partial charge on any atom is -0.507 e. The highest BCUT2D eigenvalue weighted by atomic mass is 16.3. The quantitative estimate of drug-likeness (QED) is 0.726. The molecule has 2 heteroatoms. The largest absolute Gasteiger partial charge is 0.507 e. The molecule has 2 nitrogen and oxygen atoms in total. The number of unbranched alkanes of at least 4 members (excludes halogenated alkanes) is 1. The molecule has 0 bridgehead atoms. The molecule has 0 radical (unpaired) electrons. The maximum absolute atomic E-state index is 9.79. The first-order chi connectivity index (χ1) is 9.08. The van der Waals surface area contributed by atoms with Gasteiger partial charge < -0.3 is 10.4 Å². The maximum Gasteiger partial charge on any atom is 0.121 e. The molecule has 19 heavy (non-hydrogen) atoms. The average molecular weight is 263 g/mol. The molecule has 0 heterocycles. The van der Waals surface area contributed by atoms with Gasteiger partial charge in [0.25, 0.3) is 0 Å². The first kappa shape index (κ1) is 16.0. The molecule has 1 rings (SSSR count). The highest BCUT2D eigenvalue weighted by Gasteiger charge is 2.08. The van der Waals surface area contributed by atoms with E-state index >= 15 is 0 Å². The Morgan fingerprint density at radius 3 is 2.21 bits per heavy atom. The van der Waals surface area contributed by atoms with Gasteiger partial charge in [0, 0.05) is 12.6 Å². The van der Waals surface area contributed by atoms with Crippen LogP contribution in [0.4, 0.5) is 0 Å². The van der Waals surface area contributed by atoms with E-state index in [-0.39, 0.29) is 0 Å². The number of hydrogen-bond donors (Lipinski definition) is 2. The second-order valence-electron chi connectivity index (χ2n) is 5.59. The topological polar surface area (TPSA) is 32.3 Å². The standard InChI is InChI=1S/C17H29NO/c1-5-7-9-16(8-6-2)18-12-15-10-13(3)17(19)14(4)11-15/h10-11,16,18-19H,5-9,12H2,1-4H3. The lowest BCUT2D eigenvalue weighted by atomic mass is 10.0. The van der Waals surface area contributed by atoms with Gasteiger partial charge in [-0.25, -0.2) is 0 Å². The van der Waals surface area contributed by atoms with Gasteiger partial charge in [0.15, 0.2) is 0 Å². The lowest BCUT2D eigenvalue weighted by Crippen LogP contribution is -2.28. The van der Waals surface area contributed by atoms with Crippen molar-refractivity contribution in [1.29, 1.82) is 0 Å². The molecular weight excluding hydrogens is 234 g/mol. The Hall–Kier alpha value is -1.02. The molecule has 1 unspecified atom stereocenters. The third-order valence-electron chi connectivity index (χ3n) is 3.69. The van der Waals surface area contributed by atoms with E-state index < -0.39 is 0 Å². The number of phenols is 1. The molecule has 0 spiro atoms. The molecule has 0 amide bonds. The van der Waals surface area contributed by atoms with Crippen molar-refractivity contribution in [2.24, 2.45) is 0 Å². The number of hydrogen-bond acceptors (Lipinski definition) is 2. The Balaban J connectivity index is 2.58. The van der Waals surface area contributed by atoms with E-state index in [1.165, 1.54) is 37.7 Å². The normalized spacial score (nSPS) is 12.6. The van der Waals surface area contributed by atoms with Gasteiger partial charge in [0.2, 0.25) is 0 Å². The van der Waals surface area contributed by atoms with Crippen molar-refractivity contribution >= 4 is 0 Å². The van der Waals surface area contributed by atoms with Crippen molar-refractivity contribution in [1.82, 2.24) is 5.32 Å². The molecule has 0 aromatic heterocycles. The van der Waals surface area contributed by atoms with Crippen LogP contribution in [-0.4, -0.2) is 11.1 Å². The summed E-state index contributed by atoms with van der Waals surface area (Å²) in [7, 11) is 0. The summed E-state index contributed by atoms with van der Waals surface area (Å²) in [6, 6.07) is 4.79. The zero-order chi connectivity index (χ0) is 14.3. The van der Waals surface area contributed by atoms with Crippen LogP contribution in [0.3, 0.4) is 0 Å². The average Bonchev–Trinajstić information content (AvgIpc) is 2.39. The number of aryl methyl sites for hydroxylation is 2. The van der Waals surface area contributed by atoms with Crippen LogP contribution in [0, 0.1) is 13.8 Å². The molecular formula is C17H29NO. The highest BCUT2D eigenvalue weighted by Crippen LogP contribution is 2.23. The second kappa shape index (κ2) is 8.21. The molecule has 0 aliphatic heterocycles. The summed E-state index contributed by atoms with van der Waals surface area (Å²) in [5.74, 6) is 0.430. The van der Waals surface area contributed by atoms with Crippen LogP contribution in [0.5, 0.6) is 5.75 Å². The van der Waals surface area contributed by atoms with Crippen molar-refractivity contribution in [2.75, 3.05) is 0 Å². The predicted octanol–water partition coefficient (Wildman–Crippen LogP) is 4.46. The van der Waals surface area contributed by atoms with E-state index in [1.54, 1.807) is 0 Å². The molecule has 108 valence electrons. The van der Waals surface area contributed by atoms with Crippen LogP contribution in [0.1, 0.15) is 62.6 Å². The van der Waals surface area contributed by atoms with Crippen molar-refractivity contribution in [3.05, 3.63) is 28.8 Å². The number of aromatic hydroxyl groups is 1. The van der Waals surface area contributed by atoms with Gasteiger partial charge in [-0.1, -0.05) is 45.2 Å². The minimum atomic E-state index is 0.430. The summed E-state index contributed by atoms with van der Waals surface area (Å²) in [5, 5.41) is 13.5. The molecule has 0 aliphatic carbocycles. The van der Waals surface area contributed by atoms with Crippen LogP contribution in [0.2, 0.25) is 0 Å². The fourth-order valence-corrected chi connectivity index (χ4v) is 2.56. The Labute approximate surface area is 118 Å². The van der Waals surface area contributed by atoms with Crippen molar-refractivity contribution in [2.45, 2.75) is 72.4 Å². The fraction of sp³-hybridized carbons (Fsp3) is 0.647. The van der Waals surface area contributed by atoms with Crippen LogP contribution in [-0.2, 0) is 6.54 Å². The van der Waals surface area contributed by atoms with Crippen molar-refractivity contribution in [3.8, 4) is 5.75 Å². The molecule has 2 N–H and O–H groups in total. The third kappa shape index (κ3) is 5.23. The lowest BCUT2D eigenvalue weighted by molar-refractivity contribution is 0.433. The summed E-state index contributed by atoms with van der Waals surface area (Å²) in [4.78, 5) is 0. The van der Waals surface area contributed by atoms with Crippen LogP contribution >= 0.6 is 0 Å². The summed E-state index contributed by atoms with van der Waals surface area (Å²) in [6.45, 7) is 9.32. The Morgan fingerprint density at radius 1 is 1.05 bits per heavy atom. The number of benzene rings is 1. The molecule has 0 fully saturated rings. The SMILES string of the molecule is CCCCC(CCC)NCc1cc(C)c(O)c(C)c1. The summed E-state index contributed by atoms with van der Waals surface area (Å²) < 4.78 is 0. The van der Waals surface area contributed by atoms with Crippen LogP contribution < -0.4 is 5.32 Å².